The van der Waals surface area contributed by atoms with E-state index in [2.05, 4.69) is 0 Å². The SMILES string of the molecule is N[C@@H]1[C@@H](O)[C@H](O[C@@H]2O[C@H](CO)[C@@H](O[C@@H]3O[C@H](CO)[C@@H](O)[C@H](O)[C@H]3N)[C@H](O)[C@H]2N)[C@@H](CO)O[C@@H]1O. The standard InChI is InChI=1S/C18H35N3O13/c19-7-12(27)14(5(2-23)30-16(7)29)33-18-9(21)13(28)15(6(3-24)32-18)34-17-8(20)11(26)10(25)4(1-22)31-17/h4-18,22-29H,1-3,19-21H2/t4-,5-,6-,7-,8-,9-,10-,11-,12-,13-,14-,15-,16+,17+,18+/m1/s1. The number of aliphatic hydroxyl groups is 8. The molecule has 0 unspecified atom stereocenters. The summed E-state index contributed by atoms with van der Waals surface area (Å²) >= 11 is 0. The Kier molecular flexibility index (Phi) is 9.54. The van der Waals surface area contributed by atoms with E-state index in [9.17, 15) is 40.9 Å². The van der Waals surface area contributed by atoms with Crippen LogP contribution in [0.5, 0.6) is 0 Å². The van der Waals surface area contributed by atoms with E-state index >= 15 is 0 Å². The van der Waals surface area contributed by atoms with Crippen LogP contribution in [-0.2, 0) is 23.7 Å². The third kappa shape index (κ3) is 5.37. The zero-order valence-electron chi connectivity index (χ0n) is 18.1. The molecule has 3 fully saturated rings. The molecule has 0 aromatic carbocycles. The van der Waals surface area contributed by atoms with Gasteiger partial charge in [0.2, 0.25) is 0 Å². The highest BCUT2D eigenvalue weighted by atomic mass is 16.7. The monoisotopic (exact) mass is 501 g/mol. The fourth-order valence-corrected chi connectivity index (χ4v) is 4.18. The molecule has 0 radical (unpaired) electrons. The van der Waals surface area contributed by atoms with Gasteiger partial charge in [0.05, 0.1) is 37.9 Å². The number of rotatable bonds is 7. The third-order valence-electron chi connectivity index (χ3n) is 6.33. The minimum Gasteiger partial charge on any atom is -0.394 e. The van der Waals surface area contributed by atoms with Gasteiger partial charge < -0.3 is 81.7 Å². The lowest BCUT2D eigenvalue weighted by Crippen LogP contribution is -2.69. The minimum atomic E-state index is -1.56. The van der Waals surface area contributed by atoms with Gasteiger partial charge in [0.1, 0.15) is 54.9 Å². The van der Waals surface area contributed by atoms with Gasteiger partial charge in [-0.1, -0.05) is 0 Å². The van der Waals surface area contributed by atoms with Crippen LogP contribution >= 0.6 is 0 Å². The van der Waals surface area contributed by atoms with Crippen molar-refractivity contribution in [2.75, 3.05) is 19.8 Å². The van der Waals surface area contributed by atoms with Crippen molar-refractivity contribution >= 4 is 0 Å². The molecule has 16 heteroatoms. The van der Waals surface area contributed by atoms with Crippen LogP contribution in [0.15, 0.2) is 0 Å². The van der Waals surface area contributed by atoms with E-state index in [0.717, 1.165) is 0 Å². The second kappa shape index (κ2) is 11.6. The van der Waals surface area contributed by atoms with Crippen LogP contribution in [0.25, 0.3) is 0 Å². The van der Waals surface area contributed by atoms with Gasteiger partial charge in [-0.05, 0) is 0 Å². The zero-order valence-corrected chi connectivity index (χ0v) is 18.1. The molecule has 15 atom stereocenters. The first kappa shape index (κ1) is 27.9. The van der Waals surface area contributed by atoms with E-state index in [1.165, 1.54) is 0 Å². The molecule has 14 N–H and O–H groups in total. The first-order chi connectivity index (χ1) is 16.0. The minimum absolute atomic E-state index is 0.651. The molecule has 0 aromatic rings. The Balaban J connectivity index is 1.72. The summed E-state index contributed by atoms with van der Waals surface area (Å²) in [4.78, 5) is 0. The number of hydrogen-bond donors (Lipinski definition) is 11. The molecule has 3 heterocycles. The first-order valence-corrected chi connectivity index (χ1v) is 10.8. The molecule has 0 amide bonds. The topological polar surface area (TPSA) is 286 Å². The Bertz CT molecular complexity index is 646. The van der Waals surface area contributed by atoms with Gasteiger partial charge in [0.15, 0.2) is 18.9 Å². The van der Waals surface area contributed by atoms with Gasteiger partial charge in [-0.3, -0.25) is 0 Å². The quantitative estimate of drug-likeness (QED) is 0.154. The number of hydrogen-bond acceptors (Lipinski definition) is 16. The molecule has 0 aliphatic carbocycles. The van der Waals surface area contributed by atoms with Crippen LogP contribution in [0, 0.1) is 0 Å². The summed E-state index contributed by atoms with van der Waals surface area (Å²) in [6.07, 6.45) is -16.8. The average Bonchev–Trinajstić information content (AvgIpc) is 2.83. The summed E-state index contributed by atoms with van der Waals surface area (Å²) in [6.45, 7) is -2.00. The first-order valence-electron chi connectivity index (χ1n) is 10.8. The normalized spacial score (nSPS) is 52.5. The summed E-state index contributed by atoms with van der Waals surface area (Å²) in [7, 11) is 0. The highest BCUT2D eigenvalue weighted by molar-refractivity contribution is 4.98. The summed E-state index contributed by atoms with van der Waals surface area (Å²) in [5.74, 6) is 0. The van der Waals surface area contributed by atoms with Gasteiger partial charge in [-0.25, -0.2) is 0 Å². The van der Waals surface area contributed by atoms with Crippen molar-refractivity contribution in [1.29, 1.82) is 0 Å². The van der Waals surface area contributed by atoms with Gasteiger partial charge in [0, 0.05) is 0 Å². The molecule has 3 aliphatic rings. The molecule has 3 rings (SSSR count). The van der Waals surface area contributed by atoms with E-state index in [1.807, 2.05) is 0 Å². The maximum atomic E-state index is 10.8. The molecule has 16 nitrogen and oxygen atoms in total. The number of aliphatic hydroxyl groups excluding tert-OH is 8. The zero-order chi connectivity index (χ0) is 25.3. The Morgan fingerprint density at radius 2 is 0.941 bits per heavy atom. The summed E-state index contributed by atoms with van der Waals surface area (Å²) in [6, 6.07) is -3.87. The molecular weight excluding hydrogens is 466 g/mol. The lowest BCUT2D eigenvalue weighted by atomic mass is 9.94. The van der Waals surface area contributed by atoms with Crippen molar-refractivity contribution in [1.82, 2.24) is 0 Å². The van der Waals surface area contributed by atoms with Crippen LogP contribution in [-0.4, -0.2) is 153 Å². The fraction of sp³-hybridized carbons (Fsp3) is 1.00. The van der Waals surface area contributed by atoms with Crippen molar-refractivity contribution < 1.29 is 64.5 Å². The largest absolute Gasteiger partial charge is 0.394 e. The summed E-state index contributed by atoms with van der Waals surface area (Å²) < 4.78 is 27.4. The van der Waals surface area contributed by atoms with Crippen LogP contribution in [0.1, 0.15) is 0 Å². The Morgan fingerprint density at radius 3 is 1.44 bits per heavy atom. The van der Waals surface area contributed by atoms with Crippen molar-refractivity contribution in [3.63, 3.8) is 0 Å². The third-order valence-corrected chi connectivity index (χ3v) is 6.33. The van der Waals surface area contributed by atoms with E-state index in [1.54, 1.807) is 0 Å². The van der Waals surface area contributed by atoms with E-state index in [0.29, 0.717) is 0 Å². The Morgan fingerprint density at radius 1 is 0.529 bits per heavy atom. The van der Waals surface area contributed by atoms with Crippen LogP contribution in [0.2, 0.25) is 0 Å². The van der Waals surface area contributed by atoms with Gasteiger partial charge >= 0.3 is 0 Å². The molecule has 0 bridgehead atoms. The summed E-state index contributed by atoms with van der Waals surface area (Å²) in [5, 5.41) is 79.6. The Labute approximate surface area is 194 Å². The van der Waals surface area contributed by atoms with Crippen molar-refractivity contribution in [2.45, 2.75) is 91.9 Å². The lowest BCUT2D eigenvalue weighted by molar-refractivity contribution is -0.348. The summed E-state index contributed by atoms with van der Waals surface area (Å²) in [5.41, 5.74) is 17.6. The molecule has 0 aromatic heterocycles. The van der Waals surface area contributed by atoms with Gasteiger partial charge in [0.25, 0.3) is 0 Å². The van der Waals surface area contributed by atoms with Crippen LogP contribution in [0.4, 0.5) is 0 Å². The predicted molar refractivity (Wildman–Crippen MR) is 107 cm³/mol. The smallest absolute Gasteiger partial charge is 0.176 e. The molecule has 200 valence electrons. The van der Waals surface area contributed by atoms with Gasteiger partial charge in [-0.15, -0.1) is 0 Å². The average molecular weight is 501 g/mol. The molecule has 0 spiro atoms. The maximum Gasteiger partial charge on any atom is 0.176 e. The number of nitrogens with two attached hydrogens (primary N) is 3. The highest BCUT2D eigenvalue weighted by Gasteiger charge is 2.52. The van der Waals surface area contributed by atoms with E-state index < -0.39 is 112 Å². The van der Waals surface area contributed by atoms with Crippen molar-refractivity contribution in [2.24, 2.45) is 17.2 Å². The molecule has 0 saturated carbocycles. The molecular formula is C18H35N3O13. The highest BCUT2D eigenvalue weighted by Crippen LogP contribution is 2.30. The van der Waals surface area contributed by atoms with Crippen LogP contribution in [0.3, 0.4) is 0 Å². The van der Waals surface area contributed by atoms with E-state index in [4.69, 9.17) is 40.9 Å². The maximum absolute atomic E-state index is 10.8. The molecule has 3 aliphatic heterocycles. The second-order valence-corrected chi connectivity index (χ2v) is 8.59. The lowest BCUT2D eigenvalue weighted by Gasteiger charge is -2.48. The van der Waals surface area contributed by atoms with Crippen molar-refractivity contribution in [3.05, 3.63) is 0 Å². The molecule has 3 saturated heterocycles. The Hall–Kier alpha value is -0.640. The van der Waals surface area contributed by atoms with Crippen LogP contribution < -0.4 is 17.2 Å². The van der Waals surface area contributed by atoms with E-state index in [-0.39, 0.29) is 0 Å². The fourth-order valence-electron chi connectivity index (χ4n) is 4.18. The van der Waals surface area contributed by atoms with Gasteiger partial charge in [-0.2, -0.15) is 0 Å². The predicted octanol–water partition coefficient (Wildman–Crippen LogP) is -7.67. The number of ether oxygens (including phenoxy) is 5. The van der Waals surface area contributed by atoms with Crippen molar-refractivity contribution in [3.8, 4) is 0 Å². The second-order valence-electron chi connectivity index (χ2n) is 8.59. The molecule has 34 heavy (non-hydrogen) atoms.